The summed E-state index contributed by atoms with van der Waals surface area (Å²) in [5.41, 5.74) is 1.28. The molecule has 2 heterocycles. The van der Waals surface area contributed by atoms with Crippen LogP contribution in [0.25, 0.3) is 16.5 Å². The third-order valence-corrected chi connectivity index (χ3v) is 5.54. The average molecular weight is 370 g/mol. The number of thiocarbonyl (C=S) groups is 1. The van der Waals surface area contributed by atoms with Gasteiger partial charge in [-0.15, -0.1) is 11.3 Å². The molecule has 128 valence electrons. The number of thiophene rings is 1. The van der Waals surface area contributed by atoms with Gasteiger partial charge in [-0.3, -0.25) is 19.4 Å². The first kappa shape index (κ1) is 17.5. The predicted octanol–water partition coefficient (Wildman–Crippen LogP) is 3.79. The van der Waals surface area contributed by atoms with Crippen molar-refractivity contribution in [3.63, 3.8) is 0 Å². The molecule has 1 aliphatic rings. The summed E-state index contributed by atoms with van der Waals surface area (Å²) in [4.78, 5) is 30.2. The zero-order valence-corrected chi connectivity index (χ0v) is 15.7. The number of hydrogen-bond acceptors (Lipinski definition) is 4. The third-order valence-electron chi connectivity index (χ3n) is 4.02. The van der Waals surface area contributed by atoms with Crippen LogP contribution in [-0.4, -0.2) is 39.8 Å². The van der Waals surface area contributed by atoms with Crippen molar-refractivity contribution in [1.29, 1.82) is 0 Å². The van der Waals surface area contributed by atoms with Crippen molar-refractivity contribution < 1.29 is 9.59 Å². The maximum atomic E-state index is 12.6. The molecule has 0 radical (unpaired) electrons. The van der Waals surface area contributed by atoms with Crippen molar-refractivity contribution >= 4 is 46.6 Å². The Kier molecular flexibility index (Phi) is 5.11. The quantitative estimate of drug-likeness (QED) is 0.467. The Balaban J connectivity index is 1.96. The number of carbonyl (C=O) groups excluding carboxylic acids is 2. The summed E-state index contributed by atoms with van der Waals surface area (Å²) in [6, 6.07) is 14.0. The van der Waals surface area contributed by atoms with Crippen LogP contribution in [0.5, 0.6) is 0 Å². The van der Waals surface area contributed by atoms with E-state index in [-0.39, 0.29) is 22.5 Å². The van der Waals surface area contributed by atoms with Crippen molar-refractivity contribution in [3.8, 4) is 10.4 Å². The van der Waals surface area contributed by atoms with E-state index in [1.807, 2.05) is 56.3 Å². The summed E-state index contributed by atoms with van der Waals surface area (Å²) in [7, 11) is 0. The second-order valence-electron chi connectivity index (χ2n) is 5.51. The van der Waals surface area contributed by atoms with Gasteiger partial charge in [0.2, 0.25) is 0 Å². The van der Waals surface area contributed by atoms with Crippen LogP contribution in [0.3, 0.4) is 0 Å². The van der Waals surface area contributed by atoms with E-state index in [0.29, 0.717) is 13.1 Å². The van der Waals surface area contributed by atoms with Gasteiger partial charge in [0.25, 0.3) is 11.8 Å². The summed E-state index contributed by atoms with van der Waals surface area (Å²) in [5.74, 6) is -0.645. The van der Waals surface area contributed by atoms with Gasteiger partial charge in [-0.2, -0.15) is 0 Å². The Hall–Kier alpha value is -2.31. The summed E-state index contributed by atoms with van der Waals surface area (Å²) in [6.07, 6.45) is 1.68. The van der Waals surface area contributed by atoms with E-state index < -0.39 is 0 Å². The number of amides is 2. The number of carbonyl (C=O) groups is 2. The Morgan fingerprint density at radius 3 is 2.12 bits per heavy atom. The van der Waals surface area contributed by atoms with E-state index >= 15 is 0 Å². The Morgan fingerprint density at radius 1 is 0.960 bits per heavy atom. The van der Waals surface area contributed by atoms with Gasteiger partial charge in [0, 0.05) is 22.8 Å². The third kappa shape index (κ3) is 3.27. The molecule has 1 aliphatic heterocycles. The molecule has 0 atom stereocenters. The van der Waals surface area contributed by atoms with Gasteiger partial charge in [0.15, 0.2) is 5.11 Å². The molecule has 3 rings (SSSR count). The van der Waals surface area contributed by atoms with Crippen LogP contribution in [0, 0.1) is 0 Å². The van der Waals surface area contributed by atoms with Gasteiger partial charge in [-0.05, 0) is 49.8 Å². The Bertz CT molecular complexity index is 827. The molecule has 1 aromatic heterocycles. The smallest absolute Gasteiger partial charge is 0.265 e. The summed E-state index contributed by atoms with van der Waals surface area (Å²) in [5, 5.41) is 0.285. The Morgan fingerprint density at radius 2 is 1.56 bits per heavy atom. The number of benzene rings is 1. The summed E-state index contributed by atoms with van der Waals surface area (Å²) in [6.45, 7) is 4.59. The first-order chi connectivity index (χ1) is 12.1. The topological polar surface area (TPSA) is 40.6 Å². The molecule has 2 aromatic rings. The van der Waals surface area contributed by atoms with Crippen LogP contribution in [0.4, 0.5) is 0 Å². The highest BCUT2D eigenvalue weighted by Crippen LogP contribution is 2.30. The molecule has 1 aromatic carbocycles. The van der Waals surface area contributed by atoms with E-state index in [0.717, 1.165) is 15.3 Å². The van der Waals surface area contributed by atoms with Gasteiger partial charge in [-0.25, -0.2) is 0 Å². The van der Waals surface area contributed by atoms with Crippen molar-refractivity contribution in [2.24, 2.45) is 0 Å². The first-order valence-electron chi connectivity index (χ1n) is 8.11. The zero-order valence-electron chi connectivity index (χ0n) is 14.1. The highest BCUT2D eigenvalue weighted by Gasteiger charge is 2.37. The van der Waals surface area contributed by atoms with Gasteiger partial charge in [0.1, 0.15) is 5.57 Å². The van der Waals surface area contributed by atoms with Crippen LogP contribution < -0.4 is 0 Å². The minimum Gasteiger partial charge on any atom is -0.285 e. The first-order valence-corrected chi connectivity index (χ1v) is 9.34. The molecule has 0 spiro atoms. The van der Waals surface area contributed by atoms with E-state index in [1.54, 1.807) is 17.4 Å². The lowest BCUT2D eigenvalue weighted by molar-refractivity contribution is -0.133. The molecule has 1 fully saturated rings. The van der Waals surface area contributed by atoms with Crippen molar-refractivity contribution in [2.75, 3.05) is 13.1 Å². The van der Waals surface area contributed by atoms with Gasteiger partial charge >= 0.3 is 0 Å². The lowest BCUT2D eigenvalue weighted by Crippen LogP contribution is -2.55. The zero-order chi connectivity index (χ0) is 18.0. The molecule has 0 unspecified atom stereocenters. The van der Waals surface area contributed by atoms with Crippen LogP contribution in [-0.2, 0) is 9.59 Å². The number of rotatable bonds is 4. The van der Waals surface area contributed by atoms with Crippen molar-refractivity contribution in [3.05, 3.63) is 52.9 Å². The fourth-order valence-corrected chi connectivity index (χ4v) is 4.09. The van der Waals surface area contributed by atoms with E-state index in [1.165, 1.54) is 9.80 Å². The lowest BCUT2D eigenvalue weighted by atomic mass is 10.1. The molecule has 1 saturated heterocycles. The fraction of sp³-hybridized carbons (Fsp3) is 0.211. The molecule has 4 nitrogen and oxygen atoms in total. The summed E-state index contributed by atoms with van der Waals surface area (Å²) >= 11 is 6.82. The second-order valence-corrected chi connectivity index (χ2v) is 6.99. The molecule has 0 saturated carbocycles. The second kappa shape index (κ2) is 7.29. The van der Waals surface area contributed by atoms with Crippen molar-refractivity contribution in [2.45, 2.75) is 13.8 Å². The largest absolute Gasteiger partial charge is 0.285 e. The SMILES string of the molecule is CCN1C(=O)C(=Cc2ccc(-c3ccccc3)s2)C(=O)N(CC)C1=S. The standard InChI is InChI=1S/C19H18N2O2S2/c1-3-20-17(22)15(18(23)21(4-2)19(20)24)12-14-10-11-16(25-14)13-8-6-5-7-9-13/h5-12H,3-4H2,1-2H3. The molecular formula is C19H18N2O2S2. The average Bonchev–Trinajstić information content (AvgIpc) is 3.09. The molecule has 0 aliphatic carbocycles. The predicted molar refractivity (Wildman–Crippen MR) is 105 cm³/mol. The molecule has 2 amide bonds. The molecule has 0 N–H and O–H groups in total. The summed E-state index contributed by atoms with van der Waals surface area (Å²) < 4.78 is 0. The highest BCUT2D eigenvalue weighted by atomic mass is 32.1. The van der Waals surface area contributed by atoms with Crippen molar-refractivity contribution in [1.82, 2.24) is 9.80 Å². The normalized spacial score (nSPS) is 15.1. The number of likely N-dealkylation sites (N-methyl/N-ethyl adjacent to an activating group) is 2. The van der Waals surface area contributed by atoms with Crippen LogP contribution in [0.1, 0.15) is 18.7 Å². The van der Waals surface area contributed by atoms with Gasteiger partial charge < -0.3 is 0 Å². The molecule has 25 heavy (non-hydrogen) atoms. The van der Waals surface area contributed by atoms with Crippen LogP contribution in [0.2, 0.25) is 0 Å². The van der Waals surface area contributed by atoms with Gasteiger partial charge in [0.05, 0.1) is 0 Å². The van der Waals surface area contributed by atoms with Crippen LogP contribution >= 0.6 is 23.6 Å². The highest BCUT2D eigenvalue weighted by molar-refractivity contribution is 7.80. The van der Waals surface area contributed by atoms with Crippen LogP contribution in [0.15, 0.2) is 48.0 Å². The van der Waals surface area contributed by atoms with E-state index in [2.05, 4.69) is 0 Å². The maximum Gasteiger partial charge on any atom is 0.265 e. The Labute approximate surface area is 156 Å². The number of hydrogen-bond donors (Lipinski definition) is 0. The number of nitrogens with zero attached hydrogens (tertiary/aromatic N) is 2. The minimum absolute atomic E-state index is 0.166. The minimum atomic E-state index is -0.322. The lowest BCUT2D eigenvalue weighted by Gasteiger charge is -2.35. The molecule has 0 bridgehead atoms. The molecular weight excluding hydrogens is 352 g/mol. The maximum absolute atomic E-state index is 12.6. The van der Waals surface area contributed by atoms with Gasteiger partial charge in [-0.1, -0.05) is 30.3 Å². The molecule has 6 heteroatoms. The fourth-order valence-electron chi connectivity index (χ4n) is 2.71. The van der Waals surface area contributed by atoms with E-state index in [9.17, 15) is 9.59 Å². The monoisotopic (exact) mass is 370 g/mol. The van der Waals surface area contributed by atoms with E-state index in [4.69, 9.17) is 12.2 Å².